The highest BCUT2D eigenvalue weighted by molar-refractivity contribution is 8.15. The molecule has 1 aromatic carbocycles. The van der Waals surface area contributed by atoms with E-state index in [1.54, 1.807) is 6.92 Å². The van der Waals surface area contributed by atoms with Crippen LogP contribution < -0.4 is 5.32 Å². The van der Waals surface area contributed by atoms with Crippen molar-refractivity contribution in [2.75, 3.05) is 0 Å². The molecule has 1 aromatic rings. The highest BCUT2D eigenvalue weighted by atomic mass is 32.2. The Morgan fingerprint density at radius 1 is 1.35 bits per heavy atom. The van der Waals surface area contributed by atoms with Crippen molar-refractivity contribution >= 4 is 22.9 Å². The second-order valence-electron chi connectivity index (χ2n) is 4.29. The maximum absolute atomic E-state index is 11.5. The maximum Gasteiger partial charge on any atom is 0.286 e. The fraction of sp³-hybridized carbons (Fsp3) is 0.333. The van der Waals surface area contributed by atoms with Crippen LogP contribution in [0.1, 0.15) is 12.5 Å². The number of amides is 2. The highest BCUT2D eigenvalue weighted by Gasteiger charge is 2.44. The van der Waals surface area contributed by atoms with Crippen LogP contribution in [0.15, 0.2) is 30.3 Å². The predicted octanol–water partition coefficient (Wildman–Crippen LogP) is 1.33. The van der Waals surface area contributed by atoms with Crippen LogP contribution in [0.3, 0.4) is 0 Å². The van der Waals surface area contributed by atoms with Crippen molar-refractivity contribution in [2.45, 2.75) is 24.2 Å². The lowest BCUT2D eigenvalue weighted by Crippen LogP contribution is -2.44. The lowest BCUT2D eigenvalue weighted by Gasteiger charge is -2.26. The average molecular weight is 251 g/mol. The fourth-order valence-electron chi connectivity index (χ4n) is 1.87. The molecule has 0 aliphatic carbocycles. The highest BCUT2D eigenvalue weighted by Crippen LogP contribution is 2.31. The number of benzene rings is 1. The van der Waals surface area contributed by atoms with Gasteiger partial charge in [-0.2, -0.15) is 0 Å². The van der Waals surface area contributed by atoms with Crippen LogP contribution in [0.4, 0.5) is 4.79 Å². The summed E-state index contributed by atoms with van der Waals surface area (Å²) in [5.41, 5.74) is -0.298. The lowest BCUT2D eigenvalue weighted by molar-refractivity contribution is -0.122. The Bertz CT molecular complexity index is 444. The fourth-order valence-corrected chi connectivity index (χ4v) is 2.74. The van der Waals surface area contributed by atoms with Crippen LogP contribution in [0.5, 0.6) is 0 Å². The molecule has 0 saturated carbocycles. The van der Waals surface area contributed by atoms with Gasteiger partial charge in [0.05, 0.1) is 5.60 Å². The topological polar surface area (TPSA) is 66.4 Å². The van der Waals surface area contributed by atoms with E-state index in [-0.39, 0.29) is 0 Å². The third-order valence-electron chi connectivity index (χ3n) is 2.66. The van der Waals surface area contributed by atoms with Gasteiger partial charge in [0, 0.05) is 6.42 Å². The van der Waals surface area contributed by atoms with Gasteiger partial charge in [-0.05, 0) is 24.2 Å². The third kappa shape index (κ3) is 2.68. The van der Waals surface area contributed by atoms with Gasteiger partial charge in [-0.3, -0.25) is 14.9 Å². The van der Waals surface area contributed by atoms with Crippen LogP contribution in [-0.2, 0) is 11.2 Å². The molecule has 90 valence electrons. The number of hydrogen-bond donors (Lipinski definition) is 2. The first kappa shape index (κ1) is 12.1. The molecule has 2 unspecified atom stereocenters. The van der Waals surface area contributed by atoms with Crippen molar-refractivity contribution in [1.82, 2.24) is 5.32 Å². The van der Waals surface area contributed by atoms with Gasteiger partial charge in [-0.25, -0.2) is 0 Å². The van der Waals surface area contributed by atoms with Gasteiger partial charge in [0.15, 0.2) is 0 Å². The molecule has 0 aromatic heterocycles. The first-order chi connectivity index (χ1) is 7.99. The minimum absolute atomic E-state index is 0.339. The summed E-state index contributed by atoms with van der Waals surface area (Å²) in [7, 11) is 0. The van der Waals surface area contributed by atoms with Crippen molar-refractivity contribution in [3.05, 3.63) is 35.9 Å². The molecule has 1 heterocycles. The molecule has 17 heavy (non-hydrogen) atoms. The SMILES string of the molecule is CC(O)(Cc1ccccc1)C1SC(=O)NC1=O. The van der Waals surface area contributed by atoms with E-state index in [1.165, 1.54) is 0 Å². The van der Waals surface area contributed by atoms with E-state index in [1.807, 2.05) is 30.3 Å². The summed E-state index contributed by atoms with van der Waals surface area (Å²) in [6.07, 6.45) is 0.339. The second kappa shape index (κ2) is 4.50. The largest absolute Gasteiger partial charge is 0.388 e. The number of aliphatic hydroxyl groups is 1. The van der Waals surface area contributed by atoms with Gasteiger partial charge < -0.3 is 5.11 Å². The van der Waals surface area contributed by atoms with Crippen LogP contribution in [0.25, 0.3) is 0 Å². The Hall–Kier alpha value is -1.33. The first-order valence-corrected chi connectivity index (χ1v) is 6.15. The Kier molecular flexibility index (Phi) is 3.22. The number of carbonyl (C=O) groups is 2. The molecule has 1 fully saturated rings. The van der Waals surface area contributed by atoms with E-state index < -0.39 is 22.0 Å². The first-order valence-electron chi connectivity index (χ1n) is 5.27. The summed E-state index contributed by atoms with van der Waals surface area (Å²) < 4.78 is 0. The predicted molar refractivity (Wildman–Crippen MR) is 65.7 cm³/mol. The maximum atomic E-state index is 11.5. The Balaban J connectivity index is 2.14. The van der Waals surface area contributed by atoms with Crippen LogP contribution >= 0.6 is 11.8 Å². The number of carbonyl (C=O) groups excluding carboxylic acids is 2. The minimum atomic E-state index is -1.23. The van der Waals surface area contributed by atoms with Gasteiger partial charge in [0.1, 0.15) is 5.25 Å². The van der Waals surface area contributed by atoms with E-state index in [4.69, 9.17) is 0 Å². The number of imide groups is 1. The number of hydrogen-bond acceptors (Lipinski definition) is 4. The summed E-state index contributed by atoms with van der Waals surface area (Å²) in [5, 5.41) is 11.4. The molecule has 2 atom stereocenters. The van der Waals surface area contributed by atoms with E-state index in [0.717, 1.165) is 17.3 Å². The Morgan fingerprint density at radius 3 is 2.53 bits per heavy atom. The van der Waals surface area contributed by atoms with Crippen molar-refractivity contribution in [2.24, 2.45) is 0 Å². The molecule has 1 aliphatic heterocycles. The van der Waals surface area contributed by atoms with Crippen molar-refractivity contribution in [3.63, 3.8) is 0 Å². The zero-order valence-corrected chi connectivity index (χ0v) is 10.2. The van der Waals surface area contributed by atoms with E-state index in [0.29, 0.717) is 6.42 Å². The number of thioether (sulfide) groups is 1. The standard InChI is InChI=1S/C12H13NO3S/c1-12(16,7-8-5-3-2-4-6-8)9-10(14)13-11(15)17-9/h2-6,9,16H,7H2,1H3,(H,13,14,15). The Morgan fingerprint density at radius 2 is 2.00 bits per heavy atom. The molecule has 1 aliphatic rings. The van der Waals surface area contributed by atoms with Crippen LogP contribution in [-0.4, -0.2) is 27.1 Å². The summed E-state index contributed by atoms with van der Waals surface area (Å²) >= 11 is 0.850. The molecular weight excluding hydrogens is 238 g/mol. The van der Waals surface area contributed by atoms with Crippen LogP contribution in [0, 0.1) is 0 Å². The molecule has 2 amide bonds. The lowest BCUT2D eigenvalue weighted by atomic mass is 9.92. The summed E-state index contributed by atoms with van der Waals surface area (Å²) in [6, 6.07) is 9.40. The number of nitrogens with one attached hydrogen (secondary N) is 1. The minimum Gasteiger partial charge on any atom is -0.388 e. The number of rotatable bonds is 3. The van der Waals surface area contributed by atoms with E-state index in [2.05, 4.69) is 5.32 Å². The van der Waals surface area contributed by atoms with Gasteiger partial charge in [0.2, 0.25) is 5.91 Å². The molecule has 0 bridgehead atoms. The van der Waals surface area contributed by atoms with Crippen molar-refractivity contribution in [1.29, 1.82) is 0 Å². The summed E-state index contributed by atoms with van der Waals surface area (Å²) in [6.45, 7) is 1.58. The summed E-state index contributed by atoms with van der Waals surface area (Å²) in [5.74, 6) is -0.416. The third-order valence-corrected chi connectivity index (χ3v) is 3.93. The van der Waals surface area contributed by atoms with Crippen LogP contribution in [0.2, 0.25) is 0 Å². The monoisotopic (exact) mass is 251 g/mol. The van der Waals surface area contributed by atoms with E-state index in [9.17, 15) is 14.7 Å². The molecular formula is C12H13NO3S. The van der Waals surface area contributed by atoms with Crippen molar-refractivity contribution < 1.29 is 14.7 Å². The van der Waals surface area contributed by atoms with Gasteiger partial charge in [0.25, 0.3) is 5.24 Å². The molecule has 1 saturated heterocycles. The normalized spacial score (nSPS) is 23.3. The zero-order chi connectivity index (χ0) is 12.5. The van der Waals surface area contributed by atoms with Gasteiger partial charge >= 0.3 is 0 Å². The molecule has 4 nitrogen and oxygen atoms in total. The molecule has 0 radical (unpaired) electrons. The molecule has 2 rings (SSSR count). The van der Waals surface area contributed by atoms with Gasteiger partial charge in [-0.15, -0.1) is 0 Å². The van der Waals surface area contributed by atoms with E-state index >= 15 is 0 Å². The molecule has 2 N–H and O–H groups in total. The van der Waals surface area contributed by atoms with Gasteiger partial charge in [-0.1, -0.05) is 30.3 Å². The molecule has 5 heteroatoms. The summed E-state index contributed by atoms with van der Waals surface area (Å²) in [4.78, 5) is 22.6. The zero-order valence-electron chi connectivity index (χ0n) is 9.34. The molecule has 0 spiro atoms. The quantitative estimate of drug-likeness (QED) is 0.850. The smallest absolute Gasteiger partial charge is 0.286 e. The van der Waals surface area contributed by atoms with Crippen molar-refractivity contribution in [3.8, 4) is 0 Å². The second-order valence-corrected chi connectivity index (χ2v) is 5.37. The average Bonchev–Trinajstić information content (AvgIpc) is 2.59. The Labute approximate surface area is 103 Å².